The van der Waals surface area contributed by atoms with Crippen LogP contribution in [0.15, 0.2) is 24.3 Å². The van der Waals surface area contributed by atoms with Gasteiger partial charge in [0.05, 0.1) is 6.10 Å². The highest BCUT2D eigenvalue weighted by Gasteiger charge is 2.15. The van der Waals surface area contributed by atoms with Gasteiger partial charge in [-0.25, -0.2) is 0 Å². The van der Waals surface area contributed by atoms with E-state index < -0.39 is 6.10 Å². The topological polar surface area (TPSA) is 41.5 Å². The van der Waals surface area contributed by atoms with Crippen LogP contribution in [-0.4, -0.2) is 30.9 Å². The van der Waals surface area contributed by atoms with Gasteiger partial charge in [-0.15, -0.1) is 0 Å². The number of hydrogen-bond acceptors (Lipinski definition) is 3. The maximum absolute atomic E-state index is 10.0. The van der Waals surface area contributed by atoms with Crippen LogP contribution in [0.25, 0.3) is 0 Å². The van der Waals surface area contributed by atoms with Crippen LogP contribution in [-0.2, 0) is 4.74 Å². The van der Waals surface area contributed by atoms with Crippen molar-refractivity contribution in [3.63, 3.8) is 0 Å². The Balaban J connectivity index is 1.80. The Bertz CT molecular complexity index is 336. The Morgan fingerprint density at radius 2 is 1.94 bits per heavy atom. The van der Waals surface area contributed by atoms with Gasteiger partial charge in [-0.2, -0.15) is 0 Å². The third-order valence-corrected chi connectivity index (χ3v) is 3.33. The minimum atomic E-state index is -0.477. The molecule has 1 aliphatic rings. The van der Waals surface area contributed by atoms with Crippen molar-refractivity contribution in [2.75, 3.05) is 19.8 Å². The molecule has 0 amide bonds. The fourth-order valence-corrected chi connectivity index (χ4v) is 2.11. The van der Waals surface area contributed by atoms with Gasteiger partial charge in [-0.1, -0.05) is 23.7 Å². The highest BCUT2D eigenvalue weighted by Crippen LogP contribution is 2.16. The number of rotatable bonds is 4. The predicted octanol–water partition coefficient (Wildman–Crippen LogP) is 2.14. The van der Waals surface area contributed by atoms with Crippen molar-refractivity contribution < 1.29 is 9.84 Å². The average molecular weight is 256 g/mol. The molecule has 1 atom stereocenters. The lowest BCUT2D eigenvalue weighted by molar-refractivity contribution is 0.0724. The van der Waals surface area contributed by atoms with Crippen LogP contribution in [0.4, 0.5) is 0 Å². The zero-order valence-corrected chi connectivity index (χ0v) is 10.5. The Morgan fingerprint density at radius 1 is 1.29 bits per heavy atom. The molecule has 1 saturated heterocycles. The largest absolute Gasteiger partial charge is 0.387 e. The second-order valence-corrected chi connectivity index (χ2v) is 4.80. The number of halogens is 1. The van der Waals surface area contributed by atoms with Gasteiger partial charge < -0.3 is 15.2 Å². The minimum Gasteiger partial charge on any atom is -0.387 e. The smallest absolute Gasteiger partial charge is 0.0914 e. The van der Waals surface area contributed by atoms with E-state index in [1.807, 2.05) is 12.1 Å². The summed E-state index contributed by atoms with van der Waals surface area (Å²) in [6.07, 6.45) is 1.57. The van der Waals surface area contributed by atoms with E-state index in [0.29, 0.717) is 17.6 Å². The van der Waals surface area contributed by atoms with Crippen molar-refractivity contribution >= 4 is 11.6 Å². The monoisotopic (exact) mass is 255 g/mol. The van der Waals surface area contributed by atoms with E-state index in [1.54, 1.807) is 12.1 Å². The molecule has 4 heteroatoms. The highest BCUT2D eigenvalue weighted by atomic mass is 35.5. The van der Waals surface area contributed by atoms with Crippen molar-refractivity contribution in [3.05, 3.63) is 34.9 Å². The van der Waals surface area contributed by atoms with Crippen LogP contribution in [0.1, 0.15) is 24.5 Å². The molecule has 0 saturated carbocycles. The molecule has 1 aliphatic heterocycles. The fraction of sp³-hybridized carbons (Fsp3) is 0.538. The molecule has 1 fully saturated rings. The van der Waals surface area contributed by atoms with Crippen LogP contribution in [0, 0.1) is 0 Å². The van der Waals surface area contributed by atoms with Gasteiger partial charge >= 0.3 is 0 Å². The maximum Gasteiger partial charge on any atom is 0.0914 e. The van der Waals surface area contributed by atoms with Crippen molar-refractivity contribution in [2.45, 2.75) is 25.0 Å². The lowest BCUT2D eigenvalue weighted by Gasteiger charge is -2.24. The van der Waals surface area contributed by atoms with E-state index in [4.69, 9.17) is 16.3 Å². The molecule has 0 radical (unpaired) electrons. The van der Waals surface area contributed by atoms with Gasteiger partial charge in [-0.3, -0.25) is 0 Å². The van der Waals surface area contributed by atoms with E-state index >= 15 is 0 Å². The number of benzene rings is 1. The number of aliphatic hydroxyl groups excluding tert-OH is 1. The maximum atomic E-state index is 10.0. The highest BCUT2D eigenvalue weighted by molar-refractivity contribution is 6.30. The number of aliphatic hydroxyl groups is 1. The number of nitrogens with one attached hydrogen (secondary N) is 1. The van der Waals surface area contributed by atoms with Crippen LogP contribution < -0.4 is 5.32 Å². The molecule has 1 aromatic rings. The van der Waals surface area contributed by atoms with Crippen molar-refractivity contribution in [1.82, 2.24) is 5.32 Å². The van der Waals surface area contributed by atoms with Crippen molar-refractivity contribution in [3.8, 4) is 0 Å². The Morgan fingerprint density at radius 3 is 2.59 bits per heavy atom. The molecule has 17 heavy (non-hydrogen) atoms. The summed E-state index contributed by atoms with van der Waals surface area (Å²) in [5.74, 6) is 0. The third kappa shape index (κ3) is 3.96. The van der Waals surface area contributed by atoms with E-state index in [2.05, 4.69) is 5.32 Å². The van der Waals surface area contributed by atoms with Gasteiger partial charge in [0.25, 0.3) is 0 Å². The molecule has 0 aliphatic carbocycles. The standard InChI is InChI=1S/C13H18ClNO2/c14-11-3-1-10(2-4-11)13(16)9-15-12-5-7-17-8-6-12/h1-4,12-13,15-16H,5-9H2. The summed E-state index contributed by atoms with van der Waals surface area (Å²) in [5.41, 5.74) is 0.897. The second kappa shape index (κ2) is 6.36. The average Bonchev–Trinajstić information content (AvgIpc) is 2.38. The van der Waals surface area contributed by atoms with Gasteiger partial charge in [0.1, 0.15) is 0 Å². The molecular weight excluding hydrogens is 238 g/mol. The van der Waals surface area contributed by atoms with Crippen molar-refractivity contribution in [2.24, 2.45) is 0 Å². The number of hydrogen-bond donors (Lipinski definition) is 2. The summed E-state index contributed by atoms with van der Waals surface area (Å²) < 4.78 is 5.29. The summed E-state index contributed by atoms with van der Waals surface area (Å²) in [5, 5.41) is 14.1. The summed E-state index contributed by atoms with van der Waals surface area (Å²) in [7, 11) is 0. The summed E-state index contributed by atoms with van der Waals surface area (Å²) >= 11 is 5.80. The summed E-state index contributed by atoms with van der Waals surface area (Å²) in [4.78, 5) is 0. The Labute approximate surface area is 107 Å². The molecule has 1 aromatic carbocycles. The van der Waals surface area contributed by atoms with Crippen LogP contribution in [0.3, 0.4) is 0 Å². The van der Waals surface area contributed by atoms with Crippen LogP contribution in [0.5, 0.6) is 0 Å². The fourth-order valence-electron chi connectivity index (χ4n) is 1.98. The minimum absolute atomic E-state index is 0.464. The first-order chi connectivity index (χ1) is 8.25. The lowest BCUT2D eigenvalue weighted by Crippen LogP contribution is -2.37. The zero-order chi connectivity index (χ0) is 12.1. The molecule has 1 unspecified atom stereocenters. The van der Waals surface area contributed by atoms with E-state index in [9.17, 15) is 5.11 Å². The van der Waals surface area contributed by atoms with Gasteiger partial charge in [-0.05, 0) is 30.5 Å². The zero-order valence-electron chi connectivity index (χ0n) is 9.73. The normalized spacial score (nSPS) is 19.2. The lowest BCUT2D eigenvalue weighted by atomic mass is 10.1. The first-order valence-electron chi connectivity index (χ1n) is 6.00. The molecule has 1 heterocycles. The first-order valence-corrected chi connectivity index (χ1v) is 6.38. The molecule has 0 spiro atoms. The van der Waals surface area contributed by atoms with Crippen LogP contribution >= 0.6 is 11.6 Å². The van der Waals surface area contributed by atoms with E-state index in [1.165, 1.54) is 0 Å². The molecular formula is C13H18ClNO2. The molecule has 0 aromatic heterocycles. The second-order valence-electron chi connectivity index (χ2n) is 4.36. The molecule has 2 N–H and O–H groups in total. The summed E-state index contributed by atoms with van der Waals surface area (Å²) in [6.45, 7) is 2.20. The Hall–Kier alpha value is -0.610. The SMILES string of the molecule is OC(CNC1CCOCC1)c1ccc(Cl)cc1. The van der Waals surface area contributed by atoms with Crippen molar-refractivity contribution in [1.29, 1.82) is 0 Å². The Kier molecular flexibility index (Phi) is 4.80. The molecule has 3 nitrogen and oxygen atoms in total. The third-order valence-electron chi connectivity index (χ3n) is 3.08. The van der Waals surface area contributed by atoms with Gasteiger partial charge in [0.2, 0.25) is 0 Å². The quantitative estimate of drug-likeness (QED) is 0.866. The predicted molar refractivity (Wildman–Crippen MR) is 68.3 cm³/mol. The summed E-state index contributed by atoms with van der Waals surface area (Å²) in [6, 6.07) is 7.78. The molecule has 94 valence electrons. The van der Waals surface area contributed by atoms with Crippen LogP contribution in [0.2, 0.25) is 5.02 Å². The van der Waals surface area contributed by atoms with Gasteiger partial charge in [0.15, 0.2) is 0 Å². The first kappa shape index (κ1) is 12.8. The van der Waals surface area contributed by atoms with Gasteiger partial charge in [0, 0.05) is 30.8 Å². The molecule has 2 rings (SSSR count). The number of ether oxygens (including phenoxy) is 1. The molecule has 0 bridgehead atoms. The van der Waals surface area contributed by atoms with E-state index in [0.717, 1.165) is 31.6 Å². The van der Waals surface area contributed by atoms with E-state index in [-0.39, 0.29) is 0 Å².